The SMILES string of the molecule is CCCOc1cccc(N2C(=O)C(c3cccs3)=C(N3CCCC(CO)C3)C2=O)c1. The summed E-state index contributed by atoms with van der Waals surface area (Å²) in [6, 6.07) is 10.9. The molecule has 6 nitrogen and oxygen atoms in total. The van der Waals surface area contributed by atoms with Gasteiger partial charge in [-0.05, 0) is 48.8 Å². The molecule has 2 aliphatic rings. The minimum atomic E-state index is -0.311. The van der Waals surface area contributed by atoms with Gasteiger partial charge in [-0.3, -0.25) is 9.59 Å². The van der Waals surface area contributed by atoms with Gasteiger partial charge < -0.3 is 14.7 Å². The molecule has 1 fully saturated rings. The summed E-state index contributed by atoms with van der Waals surface area (Å²) in [5.74, 6) is 0.129. The number of ether oxygens (including phenoxy) is 1. The van der Waals surface area contributed by atoms with Crippen LogP contribution < -0.4 is 9.64 Å². The number of carbonyl (C=O) groups excluding carboxylic acids is 2. The Morgan fingerprint density at radius 2 is 2.07 bits per heavy atom. The molecule has 1 atom stereocenters. The van der Waals surface area contributed by atoms with Crippen molar-refractivity contribution in [1.82, 2.24) is 4.90 Å². The predicted molar refractivity (Wildman–Crippen MR) is 117 cm³/mol. The number of carbonyl (C=O) groups is 2. The Morgan fingerprint density at radius 3 is 2.80 bits per heavy atom. The molecule has 2 aliphatic heterocycles. The van der Waals surface area contributed by atoms with Gasteiger partial charge in [0.2, 0.25) is 0 Å². The van der Waals surface area contributed by atoms with Crippen molar-refractivity contribution in [3.05, 3.63) is 52.4 Å². The highest BCUT2D eigenvalue weighted by Crippen LogP contribution is 2.38. The summed E-state index contributed by atoms with van der Waals surface area (Å²) in [5.41, 5.74) is 1.41. The molecule has 0 saturated carbocycles. The Morgan fingerprint density at radius 1 is 1.20 bits per heavy atom. The minimum Gasteiger partial charge on any atom is -0.494 e. The van der Waals surface area contributed by atoms with Crippen molar-refractivity contribution in [2.24, 2.45) is 5.92 Å². The lowest BCUT2D eigenvalue weighted by molar-refractivity contribution is -0.120. The Kier molecular flexibility index (Phi) is 6.20. The molecule has 3 heterocycles. The second-order valence-corrected chi connectivity index (χ2v) is 8.58. The van der Waals surface area contributed by atoms with E-state index >= 15 is 0 Å². The first kappa shape index (κ1) is 20.6. The van der Waals surface area contributed by atoms with Gasteiger partial charge in [-0.15, -0.1) is 11.3 Å². The number of amides is 2. The number of hydrogen-bond acceptors (Lipinski definition) is 6. The number of benzene rings is 1. The van der Waals surface area contributed by atoms with Crippen LogP contribution in [0.1, 0.15) is 31.1 Å². The molecule has 1 aromatic heterocycles. The maximum absolute atomic E-state index is 13.5. The average Bonchev–Trinajstić information content (AvgIpc) is 3.38. The summed E-state index contributed by atoms with van der Waals surface area (Å²) < 4.78 is 5.70. The van der Waals surface area contributed by atoms with Gasteiger partial charge >= 0.3 is 0 Å². The monoisotopic (exact) mass is 426 g/mol. The summed E-state index contributed by atoms with van der Waals surface area (Å²) >= 11 is 1.45. The van der Waals surface area contributed by atoms with Crippen molar-refractivity contribution in [3.63, 3.8) is 0 Å². The van der Waals surface area contributed by atoms with Crippen molar-refractivity contribution in [3.8, 4) is 5.75 Å². The van der Waals surface area contributed by atoms with E-state index in [1.165, 1.54) is 16.2 Å². The first-order valence-electron chi connectivity index (χ1n) is 10.4. The molecule has 2 aromatic rings. The number of piperidine rings is 1. The van der Waals surface area contributed by atoms with Gasteiger partial charge in [-0.2, -0.15) is 0 Å². The molecule has 2 amide bonds. The summed E-state index contributed by atoms with van der Waals surface area (Å²) in [7, 11) is 0. The Bertz CT molecular complexity index is 954. The fourth-order valence-corrected chi connectivity index (χ4v) is 4.80. The van der Waals surface area contributed by atoms with Gasteiger partial charge in [0.25, 0.3) is 11.8 Å². The molecule has 0 aliphatic carbocycles. The van der Waals surface area contributed by atoms with E-state index in [2.05, 4.69) is 0 Å². The van der Waals surface area contributed by atoms with Crippen LogP contribution in [0.4, 0.5) is 5.69 Å². The van der Waals surface area contributed by atoms with Crippen LogP contribution in [0.15, 0.2) is 47.5 Å². The largest absolute Gasteiger partial charge is 0.494 e. The van der Waals surface area contributed by atoms with Crippen LogP contribution >= 0.6 is 11.3 Å². The summed E-state index contributed by atoms with van der Waals surface area (Å²) in [4.78, 5) is 31.1. The van der Waals surface area contributed by atoms with E-state index in [0.717, 1.165) is 24.1 Å². The molecule has 0 radical (unpaired) electrons. The van der Waals surface area contributed by atoms with E-state index in [-0.39, 0.29) is 24.3 Å². The standard InChI is InChI=1S/C23H26N2O4S/c1-2-11-29-18-8-3-7-17(13-18)25-22(27)20(19-9-5-12-30-19)21(23(25)28)24-10-4-6-16(14-24)15-26/h3,5,7-9,12-13,16,26H,2,4,6,10-11,14-15H2,1H3. The van der Waals surface area contributed by atoms with Gasteiger partial charge in [0.1, 0.15) is 11.4 Å². The fraction of sp³-hybridized carbons (Fsp3) is 0.391. The number of imide groups is 1. The van der Waals surface area contributed by atoms with Gasteiger partial charge in [0.15, 0.2) is 0 Å². The lowest BCUT2D eigenvalue weighted by atomic mass is 9.98. The molecule has 7 heteroatoms. The van der Waals surface area contributed by atoms with Crippen molar-refractivity contribution in [1.29, 1.82) is 0 Å². The molecule has 1 saturated heterocycles. The first-order valence-corrected chi connectivity index (χ1v) is 11.3. The molecule has 0 spiro atoms. The number of aliphatic hydroxyl groups is 1. The molecule has 1 aromatic carbocycles. The van der Waals surface area contributed by atoms with Crippen molar-refractivity contribution >= 4 is 34.4 Å². The van der Waals surface area contributed by atoms with Crippen LogP contribution in [0.5, 0.6) is 5.75 Å². The number of likely N-dealkylation sites (tertiary alicyclic amines) is 1. The normalized spacial score (nSPS) is 19.7. The second-order valence-electron chi connectivity index (χ2n) is 7.63. The molecule has 30 heavy (non-hydrogen) atoms. The molecular weight excluding hydrogens is 400 g/mol. The van der Waals surface area contributed by atoms with Crippen LogP contribution in [0.3, 0.4) is 0 Å². The Balaban J connectivity index is 1.72. The number of aliphatic hydroxyl groups excluding tert-OH is 1. The maximum atomic E-state index is 13.5. The molecule has 1 N–H and O–H groups in total. The highest BCUT2D eigenvalue weighted by Gasteiger charge is 2.43. The smallest absolute Gasteiger partial charge is 0.282 e. The van der Waals surface area contributed by atoms with Gasteiger partial charge in [-0.1, -0.05) is 19.1 Å². The second kappa shape index (κ2) is 9.02. The highest BCUT2D eigenvalue weighted by atomic mass is 32.1. The van der Waals surface area contributed by atoms with Crippen LogP contribution in [-0.2, 0) is 9.59 Å². The highest BCUT2D eigenvalue weighted by molar-refractivity contribution is 7.11. The molecule has 158 valence electrons. The lowest BCUT2D eigenvalue weighted by Crippen LogP contribution is -2.40. The third-order valence-corrected chi connectivity index (χ3v) is 6.36. The first-order chi connectivity index (χ1) is 14.6. The molecule has 4 rings (SSSR count). The van der Waals surface area contributed by atoms with Gasteiger partial charge in [0.05, 0.1) is 17.9 Å². The predicted octanol–water partition coefficient (Wildman–Crippen LogP) is 3.53. The van der Waals surface area contributed by atoms with E-state index in [1.807, 2.05) is 35.4 Å². The summed E-state index contributed by atoms with van der Waals surface area (Å²) in [5, 5.41) is 11.5. The van der Waals surface area contributed by atoms with Gasteiger partial charge in [0, 0.05) is 30.6 Å². The number of anilines is 1. The van der Waals surface area contributed by atoms with E-state index in [4.69, 9.17) is 4.74 Å². The molecule has 1 unspecified atom stereocenters. The zero-order valence-corrected chi connectivity index (χ0v) is 17.9. The summed E-state index contributed by atoms with van der Waals surface area (Å²) in [6.45, 7) is 3.96. The number of rotatable bonds is 7. The zero-order chi connectivity index (χ0) is 21.1. The van der Waals surface area contributed by atoms with Crippen molar-refractivity contribution < 1.29 is 19.4 Å². The fourth-order valence-electron chi connectivity index (χ4n) is 4.04. The Hall–Kier alpha value is -2.64. The lowest BCUT2D eigenvalue weighted by Gasteiger charge is -2.34. The van der Waals surface area contributed by atoms with Crippen LogP contribution in [0.25, 0.3) is 5.57 Å². The van der Waals surface area contributed by atoms with Crippen LogP contribution in [0.2, 0.25) is 0 Å². The number of hydrogen-bond donors (Lipinski definition) is 1. The number of thiophene rings is 1. The molecule has 0 bridgehead atoms. The van der Waals surface area contributed by atoms with Crippen molar-refractivity contribution in [2.45, 2.75) is 26.2 Å². The number of nitrogens with zero attached hydrogens (tertiary/aromatic N) is 2. The zero-order valence-electron chi connectivity index (χ0n) is 17.0. The Labute approximate surface area is 180 Å². The summed E-state index contributed by atoms with van der Waals surface area (Å²) in [6.07, 6.45) is 2.69. The third-order valence-electron chi connectivity index (χ3n) is 5.47. The van der Waals surface area contributed by atoms with E-state index in [9.17, 15) is 14.7 Å². The van der Waals surface area contributed by atoms with E-state index in [0.29, 0.717) is 42.4 Å². The minimum absolute atomic E-state index is 0.0841. The van der Waals surface area contributed by atoms with E-state index < -0.39 is 0 Å². The molecular formula is C23H26N2O4S. The topological polar surface area (TPSA) is 70.1 Å². The average molecular weight is 427 g/mol. The van der Waals surface area contributed by atoms with Crippen LogP contribution in [0, 0.1) is 5.92 Å². The van der Waals surface area contributed by atoms with Crippen LogP contribution in [-0.4, -0.2) is 48.1 Å². The van der Waals surface area contributed by atoms with Gasteiger partial charge in [-0.25, -0.2) is 4.90 Å². The van der Waals surface area contributed by atoms with Crippen molar-refractivity contribution in [2.75, 3.05) is 31.2 Å². The third kappa shape index (κ3) is 3.87. The maximum Gasteiger partial charge on any atom is 0.282 e. The quantitative estimate of drug-likeness (QED) is 0.686. The van der Waals surface area contributed by atoms with E-state index in [1.54, 1.807) is 18.2 Å².